The standard InChI is InChI=1S/C17H19ClOSi/c1-3-20(4-2)16-12-14(18)10-11-15(16)17(19-20)13-8-6-5-7-9-13/h5-12,17H,3-4H2,1-2H3. The first kappa shape index (κ1) is 13.9. The quantitative estimate of drug-likeness (QED) is 0.750. The van der Waals surface area contributed by atoms with Crippen molar-refractivity contribution in [1.29, 1.82) is 0 Å². The minimum Gasteiger partial charge on any atom is -0.401 e. The molecule has 1 unspecified atom stereocenters. The van der Waals surface area contributed by atoms with Crippen LogP contribution in [-0.4, -0.2) is 8.32 Å². The summed E-state index contributed by atoms with van der Waals surface area (Å²) >= 11 is 6.22. The largest absolute Gasteiger partial charge is 0.401 e. The Labute approximate surface area is 126 Å². The van der Waals surface area contributed by atoms with Crippen molar-refractivity contribution in [3.8, 4) is 0 Å². The number of hydrogen-bond acceptors (Lipinski definition) is 1. The molecule has 0 amide bonds. The molecular formula is C17H19ClOSi. The average Bonchev–Trinajstić information content (AvgIpc) is 2.82. The summed E-state index contributed by atoms with van der Waals surface area (Å²) in [6.45, 7) is 4.49. The molecule has 1 aliphatic rings. The van der Waals surface area contributed by atoms with Crippen LogP contribution in [0.25, 0.3) is 0 Å². The van der Waals surface area contributed by atoms with E-state index < -0.39 is 8.32 Å². The Morgan fingerprint density at radius 2 is 1.75 bits per heavy atom. The summed E-state index contributed by atoms with van der Waals surface area (Å²) < 4.78 is 6.64. The van der Waals surface area contributed by atoms with Crippen molar-refractivity contribution in [2.75, 3.05) is 0 Å². The molecule has 0 radical (unpaired) electrons. The van der Waals surface area contributed by atoms with E-state index in [1.54, 1.807) is 0 Å². The number of fused-ring (bicyclic) bond motifs is 1. The third-order valence-electron chi connectivity index (χ3n) is 4.38. The molecule has 0 saturated heterocycles. The maximum Gasteiger partial charge on any atom is 0.225 e. The summed E-state index contributed by atoms with van der Waals surface area (Å²) in [7, 11) is -1.86. The zero-order valence-electron chi connectivity index (χ0n) is 11.9. The van der Waals surface area contributed by atoms with Crippen molar-refractivity contribution in [2.45, 2.75) is 32.0 Å². The number of benzene rings is 2. The van der Waals surface area contributed by atoms with Crippen molar-refractivity contribution < 1.29 is 4.43 Å². The molecule has 1 heterocycles. The van der Waals surface area contributed by atoms with Gasteiger partial charge in [0.15, 0.2) is 0 Å². The van der Waals surface area contributed by atoms with Gasteiger partial charge in [0.25, 0.3) is 0 Å². The van der Waals surface area contributed by atoms with Crippen LogP contribution in [0.2, 0.25) is 17.1 Å². The van der Waals surface area contributed by atoms with Gasteiger partial charge >= 0.3 is 0 Å². The maximum atomic E-state index is 6.64. The van der Waals surface area contributed by atoms with Crippen LogP contribution in [0.3, 0.4) is 0 Å². The van der Waals surface area contributed by atoms with E-state index in [0.717, 1.165) is 17.1 Å². The molecule has 0 fully saturated rings. The lowest BCUT2D eigenvalue weighted by Crippen LogP contribution is -2.45. The van der Waals surface area contributed by atoms with Crippen molar-refractivity contribution in [2.24, 2.45) is 0 Å². The fraction of sp³-hybridized carbons (Fsp3) is 0.294. The fourth-order valence-electron chi connectivity index (χ4n) is 3.18. The summed E-state index contributed by atoms with van der Waals surface area (Å²) in [4.78, 5) is 0. The van der Waals surface area contributed by atoms with E-state index in [0.29, 0.717) is 0 Å². The molecule has 1 aliphatic heterocycles. The first-order valence-electron chi connectivity index (χ1n) is 7.23. The summed E-state index contributed by atoms with van der Waals surface area (Å²) in [6, 6.07) is 19.0. The highest BCUT2D eigenvalue weighted by Gasteiger charge is 2.45. The highest BCUT2D eigenvalue weighted by atomic mass is 35.5. The second-order valence-corrected chi connectivity index (χ2v) is 9.96. The van der Waals surface area contributed by atoms with Crippen LogP contribution in [-0.2, 0) is 4.43 Å². The number of rotatable bonds is 3. The normalized spacial score (nSPS) is 19.9. The molecule has 0 aliphatic carbocycles. The molecule has 3 rings (SSSR count). The Morgan fingerprint density at radius 1 is 1.05 bits per heavy atom. The monoisotopic (exact) mass is 302 g/mol. The Morgan fingerprint density at radius 3 is 2.40 bits per heavy atom. The number of hydrogen-bond donors (Lipinski definition) is 0. The van der Waals surface area contributed by atoms with Gasteiger partial charge in [-0.05, 0) is 40.5 Å². The molecule has 2 aromatic rings. The molecule has 20 heavy (non-hydrogen) atoms. The molecule has 104 valence electrons. The maximum absolute atomic E-state index is 6.64. The Kier molecular flexibility index (Phi) is 3.72. The van der Waals surface area contributed by atoms with Gasteiger partial charge in [-0.15, -0.1) is 0 Å². The van der Waals surface area contributed by atoms with Crippen LogP contribution in [0.5, 0.6) is 0 Å². The zero-order valence-corrected chi connectivity index (χ0v) is 13.7. The van der Waals surface area contributed by atoms with Crippen LogP contribution in [0, 0.1) is 0 Å². The van der Waals surface area contributed by atoms with Crippen LogP contribution >= 0.6 is 11.6 Å². The lowest BCUT2D eigenvalue weighted by Gasteiger charge is -2.25. The molecular weight excluding hydrogens is 284 g/mol. The van der Waals surface area contributed by atoms with Gasteiger partial charge in [0.2, 0.25) is 8.32 Å². The average molecular weight is 303 g/mol. The van der Waals surface area contributed by atoms with E-state index in [1.165, 1.54) is 16.3 Å². The topological polar surface area (TPSA) is 9.23 Å². The molecule has 2 aromatic carbocycles. The van der Waals surface area contributed by atoms with Crippen LogP contribution in [0.15, 0.2) is 48.5 Å². The van der Waals surface area contributed by atoms with Gasteiger partial charge in [-0.1, -0.05) is 61.8 Å². The molecule has 0 N–H and O–H groups in total. The van der Waals surface area contributed by atoms with Gasteiger partial charge in [0.1, 0.15) is 0 Å². The van der Waals surface area contributed by atoms with Crippen LogP contribution in [0.1, 0.15) is 31.1 Å². The van der Waals surface area contributed by atoms with Crippen LogP contribution < -0.4 is 5.19 Å². The Hall–Kier alpha value is -1.09. The highest BCUT2D eigenvalue weighted by molar-refractivity contribution is 6.87. The Balaban J connectivity index is 2.14. The van der Waals surface area contributed by atoms with Gasteiger partial charge in [-0.2, -0.15) is 0 Å². The first-order valence-corrected chi connectivity index (χ1v) is 9.93. The lowest BCUT2D eigenvalue weighted by molar-refractivity contribution is 0.253. The van der Waals surface area contributed by atoms with Gasteiger partial charge in [-0.3, -0.25) is 0 Å². The van der Waals surface area contributed by atoms with Crippen molar-refractivity contribution in [1.82, 2.24) is 0 Å². The third-order valence-corrected chi connectivity index (χ3v) is 9.00. The first-order chi connectivity index (χ1) is 9.70. The molecule has 0 bridgehead atoms. The molecule has 0 spiro atoms. The van der Waals surface area contributed by atoms with Gasteiger partial charge in [0.05, 0.1) is 6.10 Å². The van der Waals surface area contributed by atoms with Crippen LogP contribution in [0.4, 0.5) is 0 Å². The van der Waals surface area contributed by atoms with E-state index in [4.69, 9.17) is 16.0 Å². The minimum absolute atomic E-state index is 0.0787. The predicted molar refractivity (Wildman–Crippen MR) is 87.2 cm³/mol. The minimum atomic E-state index is -1.86. The SMILES string of the molecule is CC[Si]1(CC)OC(c2ccccc2)c2ccc(Cl)cc21. The van der Waals surface area contributed by atoms with E-state index in [9.17, 15) is 0 Å². The van der Waals surface area contributed by atoms with E-state index in [2.05, 4.69) is 50.2 Å². The second kappa shape index (κ2) is 5.36. The second-order valence-electron chi connectivity index (χ2n) is 5.34. The molecule has 3 heteroatoms. The van der Waals surface area contributed by atoms with E-state index in [-0.39, 0.29) is 6.10 Å². The van der Waals surface area contributed by atoms with Gasteiger partial charge < -0.3 is 4.43 Å². The summed E-state index contributed by atoms with van der Waals surface area (Å²) in [6.07, 6.45) is 0.0787. The fourth-order valence-corrected chi connectivity index (χ4v) is 7.04. The van der Waals surface area contributed by atoms with E-state index >= 15 is 0 Å². The highest BCUT2D eigenvalue weighted by Crippen LogP contribution is 2.39. The predicted octanol–water partition coefficient (Wildman–Crippen LogP) is 4.65. The smallest absolute Gasteiger partial charge is 0.225 e. The molecule has 1 atom stereocenters. The summed E-state index contributed by atoms with van der Waals surface area (Å²) in [5, 5.41) is 2.21. The Bertz CT molecular complexity index is 608. The zero-order chi connectivity index (χ0) is 14.2. The molecule has 0 aromatic heterocycles. The van der Waals surface area contributed by atoms with Crippen molar-refractivity contribution in [3.63, 3.8) is 0 Å². The molecule has 0 saturated carbocycles. The summed E-state index contributed by atoms with van der Waals surface area (Å²) in [5.41, 5.74) is 2.56. The van der Waals surface area contributed by atoms with E-state index in [1.807, 2.05) is 12.1 Å². The van der Waals surface area contributed by atoms with Gasteiger partial charge in [-0.25, -0.2) is 0 Å². The van der Waals surface area contributed by atoms with Crippen molar-refractivity contribution in [3.05, 3.63) is 64.7 Å². The summed E-state index contributed by atoms with van der Waals surface area (Å²) in [5.74, 6) is 0. The lowest BCUT2D eigenvalue weighted by atomic mass is 10.0. The van der Waals surface area contributed by atoms with Crippen molar-refractivity contribution >= 4 is 25.1 Å². The molecule has 1 nitrogen and oxygen atoms in total. The third kappa shape index (κ3) is 2.12. The van der Waals surface area contributed by atoms with Gasteiger partial charge in [0, 0.05) is 5.02 Å². The number of halogens is 1.